The Morgan fingerprint density at radius 2 is 2.25 bits per heavy atom. The SMILES string of the molecule is CSC(C)c1ccnc(OCCN(C)C)c1. The number of hydrogen-bond acceptors (Lipinski definition) is 4. The number of nitrogens with zero attached hydrogens (tertiary/aromatic N) is 2. The van der Waals surface area contributed by atoms with Gasteiger partial charge in [0.2, 0.25) is 5.88 Å². The van der Waals surface area contributed by atoms with Crippen LogP contribution < -0.4 is 4.74 Å². The molecule has 0 amide bonds. The molecule has 0 fully saturated rings. The summed E-state index contributed by atoms with van der Waals surface area (Å²) in [5.41, 5.74) is 1.27. The summed E-state index contributed by atoms with van der Waals surface area (Å²) in [6, 6.07) is 4.07. The molecule has 0 aliphatic rings. The molecule has 1 aromatic rings. The lowest BCUT2D eigenvalue weighted by atomic mass is 10.2. The van der Waals surface area contributed by atoms with Gasteiger partial charge in [0.15, 0.2) is 0 Å². The Morgan fingerprint density at radius 1 is 1.50 bits per heavy atom. The Hall–Kier alpha value is -0.740. The van der Waals surface area contributed by atoms with Crippen molar-refractivity contribution in [1.29, 1.82) is 0 Å². The van der Waals surface area contributed by atoms with Gasteiger partial charge in [-0.25, -0.2) is 4.98 Å². The monoisotopic (exact) mass is 240 g/mol. The average Bonchev–Trinajstić information content (AvgIpc) is 2.28. The highest BCUT2D eigenvalue weighted by molar-refractivity contribution is 7.98. The fourth-order valence-corrected chi connectivity index (χ4v) is 1.64. The molecule has 0 radical (unpaired) electrons. The third-order valence-electron chi connectivity index (χ3n) is 2.37. The van der Waals surface area contributed by atoms with Crippen molar-refractivity contribution in [3.8, 4) is 5.88 Å². The first kappa shape index (κ1) is 13.3. The van der Waals surface area contributed by atoms with E-state index in [2.05, 4.69) is 23.1 Å². The molecule has 0 saturated carbocycles. The standard InChI is InChI=1S/C12H20N2OS/c1-10(16-4)11-5-6-13-12(9-11)15-8-7-14(2)3/h5-6,9-10H,7-8H2,1-4H3. The zero-order valence-electron chi connectivity index (χ0n) is 10.4. The second-order valence-electron chi connectivity index (χ2n) is 3.96. The van der Waals surface area contributed by atoms with Crippen LogP contribution in [0, 0.1) is 0 Å². The van der Waals surface area contributed by atoms with Crippen molar-refractivity contribution in [2.75, 3.05) is 33.5 Å². The predicted octanol–water partition coefficient (Wildman–Crippen LogP) is 2.45. The van der Waals surface area contributed by atoms with Crippen LogP contribution in [0.4, 0.5) is 0 Å². The summed E-state index contributed by atoms with van der Waals surface area (Å²) in [7, 11) is 4.06. The van der Waals surface area contributed by atoms with Crippen molar-refractivity contribution in [3.63, 3.8) is 0 Å². The Kier molecular flexibility index (Phi) is 5.63. The molecule has 1 rings (SSSR count). The van der Waals surface area contributed by atoms with E-state index >= 15 is 0 Å². The van der Waals surface area contributed by atoms with E-state index < -0.39 is 0 Å². The second kappa shape index (κ2) is 6.76. The lowest BCUT2D eigenvalue weighted by molar-refractivity contribution is 0.253. The van der Waals surface area contributed by atoms with Crippen LogP contribution in [0.1, 0.15) is 17.7 Å². The van der Waals surface area contributed by atoms with E-state index in [-0.39, 0.29) is 0 Å². The van der Waals surface area contributed by atoms with E-state index in [9.17, 15) is 0 Å². The molecule has 0 aliphatic heterocycles. The Balaban J connectivity index is 2.54. The first-order chi connectivity index (χ1) is 7.63. The van der Waals surface area contributed by atoms with Gasteiger partial charge in [-0.1, -0.05) is 0 Å². The van der Waals surface area contributed by atoms with Gasteiger partial charge in [0, 0.05) is 24.1 Å². The lowest BCUT2D eigenvalue weighted by Gasteiger charge is -2.12. The van der Waals surface area contributed by atoms with Gasteiger partial charge in [0.05, 0.1) is 0 Å². The number of pyridine rings is 1. The van der Waals surface area contributed by atoms with Crippen LogP contribution in [-0.2, 0) is 0 Å². The summed E-state index contributed by atoms with van der Waals surface area (Å²) in [6.45, 7) is 3.77. The van der Waals surface area contributed by atoms with Gasteiger partial charge in [-0.2, -0.15) is 11.8 Å². The number of aromatic nitrogens is 1. The van der Waals surface area contributed by atoms with Crippen molar-refractivity contribution in [1.82, 2.24) is 9.88 Å². The molecule has 0 bridgehead atoms. The molecular weight excluding hydrogens is 220 g/mol. The molecule has 0 aromatic carbocycles. The third-order valence-corrected chi connectivity index (χ3v) is 3.35. The summed E-state index contributed by atoms with van der Waals surface area (Å²) < 4.78 is 5.59. The van der Waals surface area contributed by atoms with Crippen LogP contribution in [0.25, 0.3) is 0 Å². The minimum Gasteiger partial charge on any atom is -0.476 e. The number of hydrogen-bond donors (Lipinski definition) is 0. The highest BCUT2D eigenvalue weighted by Crippen LogP contribution is 2.26. The molecule has 16 heavy (non-hydrogen) atoms. The molecule has 0 spiro atoms. The number of thioether (sulfide) groups is 1. The first-order valence-electron chi connectivity index (χ1n) is 5.39. The summed E-state index contributed by atoms with van der Waals surface area (Å²) in [5, 5.41) is 0.485. The topological polar surface area (TPSA) is 25.4 Å². The van der Waals surface area contributed by atoms with Crippen molar-refractivity contribution in [3.05, 3.63) is 23.9 Å². The van der Waals surface area contributed by atoms with E-state index in [0.717, 1.165) is 12.4 Å². The van der Waals surface area contributed by atoms with Gasteiger partial charge in [-0.05, 0) is 38.9 Å². The maximum atomic E-state index is 5.59. The molecule has 1 aromatic heterocycles. The number of ether oxygens (including phenoxy) is 1. The average molecular weight is 240 g/mol. The van der Waals surface area contributed by atoms with Crippen molar-refractivity contribution >= 4 is 11.8 Å². The predicted molar refractivity (Wildman–Crippen MR) is 70.2 cm³/mol. The van der Waals surface area contributed by atoms with E-state index in [1.54, 1.807) is 0 Å². The van der Waals surface area contributed by atoms with E-state index in [4.69, 9.17) is 4.74 Å². The highest BCUT2D eigenvalue weighted by atomic mass is 32.2. The van der Waals surface area contributed by atoms with Crippen LogP contribution in [0.5, 0.6) is 5.88 Å². The Labute approximate surface area is 102 Å². The molecule has 90 valence electrons. The van der Waals surface area contributed by atoms with Crippen LogP contribution in [-0.4, -0.2) is 43.4 Å². The maximum Gasteiger partial charge on any atom is 0.213 e. The second-order valence-corrected chi connectivity index (χ2v) is 5.14. The van der Waals surface area contributed by atoms with Gasteiger partial charge < -0.3 is 9.64 Å². The first-order valence-corrected chi connectivity index (χ1v) is 6.68. The van der Waals surface area contributed by atoms with Crippen molar-refractivity contribution in [2.45, 2.75) is 12.2 Å². The molecule has 4 heteroatoms. The highest BCUT2D eigenvalue weighted by Gasteiger charge is 2.05. The van der Waals surface area contributed by atoms with E-state index in [1.807, 2.05) is 44.2 Å². The number of rotatable bonds is 6. The fraction of sp³-hybridized carbons (Fsp3) is 0.583. The molecule has 1 heterocycles. The molecule has 0 N–H and O–H groups in total. The Bertz CT molecular complexity index is 318. The molecule has 0 saturated heterocycles. The van der Waals surface area contributed by atoms with Gasteiger partial charge in [0.25, 0.3) is 0 Å². The minimum atomic E-state index is 0.485. The van der Waals surface area contributed by atoms with Crippen LogP contribution in [0.2, 0.25) is 0 Å². The number of likely N-dealkylation sites (N-methyl/N-ethyl adjacent to an activating group) is 1. The van der Waals surface area contributed by atoms with Crippen LogP contribution >= 0.6 is 11.8 Å². The Morgan fingerprint density at radius 3 is 2.88 bits per heavy atom. The summed E-state index contributed by atoms with van der Waals surface area (Å²) >= 11 is 1.82. The quantitative estimate of drug-likeness (QED) is 0.762. The summed E-state index contributed by atoms with van der Waals surface area (Å²) in [4.78, 5) is 6.29. The fourth-order valence-electron chi connectivity index (χ4n) is 1.23. The van der Waals surface area contributed by atoms with Gasteiger partial charge in [-0.15, -0.1) is 0 Å². The molecule has 0 aliphatic carbocycles. The molecule has 1 atom stereocenters. The molecule has 1 unspecified atom stereocenters. The van der Waals surface area contributed by atoms with Crippen LogP contribution in [0.15, 0.2) is 18.3 Å². The minimum absolute atomic E-state index is 0.485. The van der Waals surface area contributed by atoms with Crippen molar-refractivity contribution in [2.24, 2.45) is 0 Å². The van der Waals surface area contributed by atoms with E-state index in [0.29, 0.717) is 11.9 Å². The summed E-state index contributed by atoms with van der Waals surface area (Å²) in [5.74, 6) is 0.722. The normalized spacial score (nSPS) is 12.8. The lowest BCUT2D eigenvalue weighted by Crippen LogP contribution is -2.19. The molecular formula is C12H20N2OS. The summed E-state index contributed by atoms with van der Waals surface area (Å²) in [6.07, 6.45) is 3.92. The van der Waals surface area contributed by atoms with E-state index in [1.165, 1.54) is 5.56 Å². The zero-order chi connectivity index (χ0) is 12.0. The van der Waals surface area contributed by atoms with Gasteiger partial charge in [0.1, 0.15) is 6.61 Å². The van der Waals surface area contributed by atoms with Gasteiger partial charge >= 0.3 is 0 Å². The van der Waals surface area contributed by atoms with Crippen molar-refractivity contribution < 1.29 is 4.74 Å². The maximum absolute atomic E-state index is 5.59. The third kappa shape index (κ3) is 4.41. The largest absolute Gasteiger partial charge is 0.476 e. The molecule has 3 nitrogen and oxygen atoms in total. The smallest absolute Gasteiger partial charge is 0.213 e. The van der Waals surface area contributed by atoms with Gasteiger partial charge in [-0.3, -0.25) is 0 Å². The zero-order valence-corrected chi connectivity index (χ0v) is 11.3. The van der Waals surface area contributed by atoms with Crippen LogP contribution in [0.3, 0.4) is 0 Å².